The molecule has 0 bridgehead atoms. The molecule has 2 N–H and O–H groups in total. The Kier molecular flexibility index (Phi) is 10.9. The molecule has 29 heavy (non-hydrogen) atoms. The van der Waals surface area contributed by atoms with Crippen LogP contribution in [0.25, 0.3) is 0 Å². The standard InChI is InChI=1S/C18H30F3N7.HI/c1-4-27(5-2)12-14-7-11-28(13-14)17(22-3)25-10-9-24-16-23-8-6-15(26-16)18(19,20)21;/h6,8,14H,4-5,7,9-13H2,1-3H3,(H,22,25)(H,23,24,26);1H. The molecule has 0 radical (unpaired) electrons. The molecule has 1 atom stereocenters. The van der Waals surface area contributed by atoms with Crippen LogP contribution in [0, 0.1) is 5.92 Å². The maximum absolute atomic E-state index is 12.7. The highest BCUT2D eigenvalue weighted by Crippen LogP contribution is 2.27. The SMILES string of the molecule is CCN(CC)CC1CCN(C(=NC)NCCNc2nccc(C(F)(F)F)n2)C1.I. The van der Waals surface area contributed by atoms with Gasteiger partial charge < -0.3 is 20.4 Å². The molecule has 1 unspecified atom stereocenters. The molecule has 2 heterocycles. The summed E-state index contributed by atoms with van der Waals surface area (Å²) >= 11 is 0. The number of anilines is 1. The molecule has 0 aliphatic carbocycles. The Hall–Kier alpha value is -1.37. The zero-order chi connectivity index (χ0) is 20.6. The zero-order valence-corrected chi connectivity index (χ0v) is 19.5. The minimum absolute atomic E-state index is 0. The summed E-state index contributed by atoms with van der Waals surface area (Å²) in [6, 6.07) is 0.854. The van der Waals surface area contributed by atoms with Gasteiger partial charge in [-0.05, 0) is 31.5 Å². The van der Waals surface area contributed by atoms with Crippen molar-refractivity contribution in [2.24, 2.45) is 10.9 Å². The van der Waals surface area contributed by atoms with Crippen molar-refractivity contribution >= 4 is 35.9 Å². The predicted molar refractivity (Wildman–Crippen MR) is 120 cm³/mol. The summed E-state index contributed by atoms with van der Waals surface area (Å²) in [4.78, 5) is 16.3. The second-order valence-electron chi connectivity index (χ2n) is 6.75. The summed E-state index contributed by atoms with van der Waals surface area (Å²) < 4.78 is 38.0. The molecular formula is C18H31F3IN7. The van der Waals surface area contributed by atoms with E-state index in [-0.39, 0.29) is 29.9 Å². The fourth-order valence-electron chi connectivity index (χ4n) is 3.30. The van der Waals surface area contributed by atoms with Crippen molar-refractivity contribution in [1.82, 2.24) is 25.1 Å². The lowest BCUT2D eigenvalue weighted by molar-refractivity contribution is -0.141. The van der Waals surface area contributed by atoms with Gasteiger partial charge in [-0.25, -0.2) is 9.97 Å². The second kappa shape index (κ2) is 12.4. The zero-order valence-electron chi connectivity index (χ0n) is 17.2. The highest BCUT2D eigenvalue weighted by molar-refractivity contribution is 14.0. The van der Waals surface area contributed by atoms with E-state index in [1.165, 1.54) is 0 Å². The van der Waals surface area contributed by atoms with Crippen LogP contribution in [-0.2, 0) is 6.18 Å². The summed E-state index contributed by atoms with van der Waals surface area (Å²) in [7, 11) is 1.74. The molecule has 1 aromatic heterocycles. The topological polar surface area (TPSA) is 68.7 Å². The number of halogens is 4. The number of rotatable bonds is 8. The van der Waals surface area contributed by atoms with E-state index in [1.54, 1.807) is 7.05 Å². The van der Waals surface area contributed by atoms with Crippen molar-refractivity contribution in [2.45, 2.75) is 26.4 Å². The largest absolute Gasteiger partial charge is 0.433 e. The van der Waals surface area contributed by atoms with Gasteiger partial charge >= 0.3 is 6.18 Å². The van der Waals surface area contributed by atoms with Gasteiger partial charge in [0.1, 0.15) is 5.69 Å². The van der Waals surface area contributed by atoms with Crippen LogP contribution in [-0.4, -0.2) is 78.6 Å². The number of aromatic nitrogens is 2. The van der Waals surface area contributed by atoms with Gasteiger partial charge in [-0.1, -0.05) is 13.8 Å². The predicted octanol–water partition coefficient (Wildman–Crippen LogP) is 2.76. The quantitative estimate of drug-likeness (QED) is 0.234. The molecule has 1 aliphatic rings. The van der Waals surface area contributed by atoms with Gasteiger partial charge in [-0.2, -0.15) is 13.2 Å². The van der Waals surface area contributed by atoms with Crippen LogP contribution in [0.1, 0.15) is 26.0 Å². The Morgan fingerprint density at radius 2 is 2.03 bits per heavy atom. The lowest BCUT2D eigenvalue weighted by atomic mass is 10.1. The number of hydrogen-bond acceptors (Lipinski definition) is 5. The summed E-state index contributed by atoms with van der Waals surface area (Å²) in [5.41, 5.74) is -0.954. The monoisotopic (exact) mass is 529 g/mol. The highest BCUT2D eigenvalue weighted by Gasteiger charge is 2.32. The van der Waals surface area contributed by atoms with Crippen LogP contribution in [0.3, 0.4) is 0 Å². The maximum atomic E-state index is 12.7. The van der Waals surface area contributed by atoms with Crippen LogP contribution in [0.15, 0.2) is 17.3 Å². The normalized spacial score (nSPS) is 17.4. The van der Waals surface area contributed by atoms with Gasteiger partial charge in [-0.15, -0.1) is 24.0 Å². The van der Waals surface area contributed by atoms with Crippen LogP contribution < -0.4 is 10.6 Å². The molecule has 1 saturated heterocycles. The van der Waals surface area contributed by atoms with Gasteiger partial charge in [-0.3, -0.25) is 4.99 Å². The average Bonchev–Trinajstić information content (AvgIpc) is 3.14. The smallest absolute Gasteiger partial charge is 0.354 e. The fraction of sp³-hybridized carbons (Fsp3) is 0.722. The number of guanidine groups is 1. The summed E-state index contributed by atoms with van der Waals surface area (Å²) in [5.74, 6) is 1.40. The van der Waals surface area contributed by atoms with Gasteiger partial charge in [0.25, 0.3) is 0 Å². The second-order valence-corrected chi connectivity index (χ2v) is 6.75. The molecule has 1 fully saturated rings. The van der Waals surface area contributed by atoms with E-state index >= 15 is 0 Å². The lowest BCUT2D eigenvalue weighted by Gasteiger charge is -2.24. The molecular weight excluding hydrogens is 498 g/mol. The summed E-state index contributed by atoms with van der Waals surface area (Å²) in [5, 5.41) is 6.06. The van der Waals surface area contributed by atoms with Crippen molar-refractivity contribution in [1.29, 1.82) is 0 Å². The molecule has 11 heteroatoms. The number of alkyl halides is 3. The Balaban J connectivity index is 0.00000420. The minimum atomic E-state index is -4.48. The molecule has 0 spiro atoms. The average molecular weight is 529 g/mol. The van der Waals surface area contributed by atoms with E-state index in [0.29, 0.717) is 19.0 Å². The van der Waals surface area contributed by atoms with Crippen molar-refractivity contribution in [3.63, 3.8) is 0 Å². The van der Waals surface area contributed by atoms with E-state index in [0.717, 1.165) is 57.4 Å². The highest BCUT2D eigenvalue weighted by atomic mass is 127. The van der Waals surface area contributed by atoms with Crippen molar-refractivity contribution in [3.8, 4) is 0 Å². The minimum Gasteiger partial charge on any atom is -0.354 e. The fourth-order valence-corrected chi connectivity index (χ4v) is 3.30. The Morgan fingerprint density at radius 3 is 2.66 bits per heavy atom. The Morgan fingerprint density at radius 1 is 1.31 bits per heavy atom. The molecule has 2 rings (SSSR count). The molecule has 0 aromatic carbocycles. The Bertz CT molecular complexity index is 638. The van der Waals surface area contributed by atoms with E-state index in [2.05, 4.69) is 49.2 Å². The third-order valence-corrected chi connectivity index (χ3v) is 4.85. The van der Waals surface area contributed by atoms with Crippen molar-refractivity contribution in [2.75, 3.05) is 58.2 Å². The molecule has 166 valence electrons. The first-order valence-electron chi connectivity index (χ1n) is 9.69. The van der Waals surface area contributed by atoms with Gasteiger partial charge in [0.05, 0.1) is 0 Å². The summed E-state index contributed by atoms with van der Waals surface area (Å²) in [6.07, 6.45) is -2.24. The van der Waals surface area contributed by atoms with E-state index < -0.39 is 11.9 Å². The lowest BCUT2D eigenvalue weighted by Crippen LogP contribution is -2.42. The van der Waals surface area contributed by atoms with Crippen LogP contribution in [0.2, 0.25) is 0 Å². The molecule has 0 saturated carbocycles. The van der Waals surface area contributed by atoms with E-state index in [9.17, 15) is 13.2 Å². The number of likely N-dealkylation sites (tertiary alicyclic amines) is 1. The molecule has 1 aromatic rings. The number of aliphatic imine (C=N–C) groups is 1. The first-order chi connectivity index (χ1) is 13.4. The third-order valence-electron chi connectivity index (χ3n) is 4.85. The molecule has 1 aliphatic heterocycles. The van der Waals surface area contributed by atoms with Gasteiger partial charge in [0, 0.05) is 46.0 Å². The van der Waals surface area contributed by atoms with E-state index in [4.69, 9.17) is 0 Å². The Labute approximate surface area is 187 Å². The molecule has 7 nitrogen and oxygen atoms in total. The summed E-state index contributed by atoms with van der Waals surface area (Å²) in [6.45, 7) is 10.4. The molecule has 0 amide bonds. The van der Waals surface area contributed by atoms with Crippen LogP contribution in [0.5, 0.6) is 0 Å². The third kappa shape index (κ3) is 8.11. The van der Waals surface area contributed by atoms with Crippen molar-refractivity contribution < 1.29 is 13.2 Å². The first-order valence-corrected chi connectivity index (χ1v) is 9.69. The van der Waals surface area contributed by atoms with Gasteiger partial charge in [0.2, 0.25) is 5.95 Å². The number of hydrogen-bond donors (Lipinski definition) is 2. The van der Waals surface area contributed by atoms with Crippen molar-refractivity contribution in [3.05, 3.63) is 18.0 Å². The van der Waals surface area contributed by atoms with Crippen LogP contribution in [0.4, 0.5) is 19.1 Å². The van der Waals surface area contributed by atoms with Crippen LogP contribution >= 0.6 is 24.0 Å². The maximum Gasteiger partial charge on any atom is 0.433 e. The number of nitrogens with one attached hydrogen (secondary N) is 2. The first kappa shape index (κ1) is 25.7. The number of nitrogens with zero attached hydrogens (tertiary/aromatic N) is 5. The van der Waals surface area contributed by atoms with E-state index in [1.807, 2.05) is 0 Å². The van der Waals surface area contributed by atoms with Gasteiger partial charge in [0.15, 0.2) is 5.96 Å².